The number of pyridine rings is 4. The zero-order chi connectivity index (χ0) is 41.8. The van der Waals surface area contributed by atoms with Gasteiger partial charge in [0.15, 0.2) is 0 Å². The van der Waals surface area contributed by atoms with Gasteiger partial charge in [-0.3, -0.25) is 19.9 Å². The van der Waals surface area contributed by atoms with E-state index in [1.54, 1.807) is 0 Å². The van der Waals surface area contributed by atoms with Crippen LogP contribution in [0.3, 0.4) is 0 Å². The molecule has 0 N–H and O–H groups in total. The van der Waals surface area contributed by atoms with Gasteiger partial charge in [0.25, 0.3) is 0 Å². The average Bonchev–Trinajstić information content (AvgIpc) is 3.30. The second kappa shape index (κ2) is 20.3. The summed E-state index contributed by atoms with van der Waals surface area (Å²) in [7, 11) is 4.91. The Morgan fingerprint density at radius 1 is 0.350 bits per heavy atom. The van der Waals surface area contributed by atoms with Crippen molar-refractivity contribution in [3.63, 3.8) is 0 Å². The first-order valence-electron chi connectivity index (χ1n) is 20.0. The second-order valence-electron chi connectivity index (χ2n) is 14.2. The Morgan fingerprint density at radius 2 is 0.617 bits per heavy atom. The summed E-state index contributed by atoms with van der Waals surface area (Å²) in [6, 6.07) is 59.1. The Morgan fingerprint density at radius 3 is 0.917 bits per heavy atom. The molecule has 0 fully saturated rings. The molecular weight excluding hydrogens is 764 g/mol. The van der Waals surface area contributed by atoms with E-state index in [0.29, 0.717) is 0 Å². The number of aromatic nitrogens is 4. The fourth-order valence-corrected chi connectivity index (χ4v) is 7.51. The van der Waals surface area contributed by atoms with Crippen LogP contribution in [0, 0.1) is 13.8 Å². The van der Waals surface area contributed by atoms with Gasteiger partial charge < -0.3 is 0 Å². The lowest BCUT2D eigenvalue weighted by Gasteiger charge is -2.13. The highest BCUT2D eigenvalue weighted by atomic mass is 31.0. The quantitative estimate of drug-likeness (QED) is 0.101. The number of aryl methyl sites for hydroxylation is 2. The molecule has 0 bridgehead atoms. The Kier molecular flexibility index (Phi) is 14.2. The molecule has 0 saturated carbocycles. The van der Waals surface area contributed by atoms with Crippen LogP contribution in [-0.2, 0) is 0 Å². The number of fused-ring (bicyclic) bond motifs is 6. The van der Waals surface area contributed by atoms with Crippen molar-refractivity contribution in [2.75, 3.05) is 0 Å². The SMILES string of the molecule is C[B]P.C[B]P.Cc1cc(-c2ccccc2)c2ccc3c(-c4ccccc4)cc(C)nc3c2n1.c1ccc(-c2ccnc3c2ccc2c(-c4ccccc4)ccnc23)cc1. The van der Waals surface area contributed by atoms with E-state index in [-0.39, 0.29) is 0 Å². The molecule has 2 unspecified atom stereocenters. The summed E-state index contributed by atoms with van der Waals surface area (Å²) >= 11 is 0. The van der Waals surface area contributed by atoms with Crippen LogP contribution in [0.4, 0.5) is 0 Å². The van der Waals surface area contributed by atoms with E-state index in [2.05, 4.69) is 188 Å². The molecule has 10 aromatic rings. The molecule has 4 heterocycles. The van der Waals surface area contributed by atoms with Crippen molar-refractivity contribution in [2.45, 2.75) is 27.5 Å². The van der Waals surface area contributed by atoms with Gasteiger partial charge in [0.1, 0.15) is 14.0 Å². The van der Waals surface area contributed by atoms with Crippen LogP contribution in [0.5, 0.6) is 0 Å². The van der Waals surface area contributed by atoms with Crippen LogP contribution in [0.1, 0.15) is 11.4 Å². The monoisotopic (exact) mass is 810 g/mol. The molecule has 4 nitrogen and oxygen atoms in total. The summed E-state index contributed by atoms with van der Waals surface area (Å²) in [5.74, 6) is 0. The van der Waals surface area contributed by atoms with Gasteiger partial charge in [0.05, 0.1) is 22.1 Å². The van der Waals surface area contributed by atoms with E-state index in [4.69, 9.17) is 9.97 Å². The standard InChI is InChI=1S/C26H20N2.C24H16N2.2CH5BP/c1-17-15-23(19-9-5-3-6-10-19)21-13-14-22-24(20-11-7-4-8-12-20)16-18(2)28-26(22)25(21)27-17;1-3-7-17(8-4-1)19-13-15-25-23-21(19)11-12-22-20(14-16-26-24(22)23)18-9-5-2-6-10-18;2*1-2-3/h3-16H,1-2H3;1-16H;2*3H2,1H3. The minimum absolute atomic E-state index is 0.946. The molecule has 8 heteroatoms. The highest BCUT2D eigenvalue weighted by molar-refractivity contribution is 7.55. The molecule has 0 spiro atoms. The first kappa shape index (κ1) is 42.1. The maximum absolute atomic E-state index is 4.90. The zero-order valence-corrected chi connectivity index (χ0v) is 36.7. The number of rotatable bonds is 4. The molecule has 0 saturated heterocycles. The Bertz CT molecular complexity index is 2780. The molecule has 2 radical (unpaired) electrons. The fraction of sp³-hybridized carbons (Fsp3) is 0.0769. The van der Waals surface area contributed by atoms with Crippen molar-refractivity contribution >= 4 is 75.8 Å². The molecule has 2 atom stereocenters. The predicted molar refractivity (Wildman–Crippen MR) is 268 cm³/mol. The number of nitrogens with zero attached hydrogens (tertiary/aromatic N) is 4. The van der Waals surface area contributed by atoms with Gasteiger partial charge in [-0.1, -0.05) is 159 Å². The van der Waals surface area contributed by atoms with Crippen molar-refractivity contribution < 1.29 is 0 Å². The third kappa shape index (κ3) is 9.37. The molecule has 0 aliphatic carbocycles. The van der Waals surface area contributed by atoms with Crippen molar-refractivity contribution in [3.05, 3.63) is 194 Å². The van der Waals surface area contributed by atoms with Crippen molar-refractivity contribution in [1.82, 2.24) is 19.9 Å². The number of hydrogen-bond donors (Lipinski definition) is 0. The van der Waals surface area contributed by atoms with Crippen molar-refractivity contribution in [1.29, 1.82) is 0 Å². The Labute approximate surface area is 359 Å². The van der Waals surface area contributed by atoms with Crippen LogP contribution < -0.4 is 0 Å². The maximum atomic E-state index is 4.90. The van der Waals surface area contributed by atoms with Crippen LogP contribution in [0.2, 0.25) is 13.6 Å². The lowest BCUT2D eigenvalue weighted by atomic mass is 9.95. The molecule has 4 aromatic heterocycles. The zero-order valence-electron chi connectivity index (χ0n) is 34.4. The average molecular weight is 811 g/mol. The molecular formula is C52H46B2N4P2. The molecule has 0 aliphatic rings. The van der Waals surface area contributed by atoms with Crippen LogP contribution in [0.15, 0.2) is 182 Å². The summed E-state index contributed by atoms with van der Waals surface area (Å²) in [5.41, 5.74) is 15.4. The van der Waals surface area contributed by atoms with E-state index < -0.39 is 0 Å². The lowest BCUT2D eigenvalue weighted by molar-refractivity contribution is 1.23. The lowest BCUT2D eigenvalue weighted by Crippen LogP contribution is -1.94. The van der Waals surface area contributed by atoms with Crippen molar-refractivity contribution in [3.8, 4) is 44.5 Å². The van der Waals surface area contributed by atoms with E-state index in [0.717, 1.165) is 55.0 Å². The van der Waals surface area contributed by atoms with Gasteiger partial charge in [-0.2, -0.15) is 18.2 Å². The van der Waals surface area contributed by atoms with Crippen LogP contribution >= 0.6 is 18.2 Å². The summed E-state index contributed by atoms with van der Waals surface area (Å²) in [4.78, 5) is 19.1. The summed E-state index contributed by atoms with van der Waals surface area (Å²) in [6.07, 6.45) is 3.75. The van der Waals surface area contributed by atoms with Gasteiger partial charge in [-0.25, -0.2) is 0 Å². The topological polar surface area (TPSA) is 51.6 Å². The first-order valence-corrected chi connectivity index (χ1v) is 21.4. The predicted octanol–water partition coefficient (Wildman–Crippen LogP) is 13.9. The number of benzene rings is 6. The van der Waals surface area contributed by atoms with E-state index in [9.17, 15) is 0 Å². The van der Waals surface area contributed by atoms with E-state index in [1.807, 2.05) is 64.3 Å². The smallest absolute Gasteiger partial charge is 0.134 e. The largest absolute Gasteiger partial charge is 0.254 e. The minimum atomic E-state index is 0.946. The van der Waals surface area contributed by atoms with Gasteiger partial charge in [0, 0.05) is 45.3 Å². The molecule has 10 rings (SSSR count). The second-order valence-corrected chi connectivity index (χ2v) is 15.5. The molecule has 0 aliphatic heterocycles. The Balaban J connectivity index is 0.000000161. The summed E-state index contributed by atoms with van der Waals surface area (Å²) in [5, 5.41) is 4.54. The number of hydrogen-bond acceptors (Lipinski definition) is 4. The molecule has 290 valence electrons. The maximum Gasteiger partial charge on any atom is 0.134 e. The van der Waals surface area contributed by atoms with E-state index >= 15 is 0 Å². The minimum Gasteiger partial charge on any atom is -0.254 e. The summed E-state index contributed by atoms with van der Waals surface area (Å²) in [6.45, 7) is 11.9. The normalized spacial score (nSPS) is 10.5. The highest BCUT2D eigenvalue weighted by Crippen LogP contribution is 2.37. The van der Waals surface area contributed by atoms with Gasteiger partial charge in [-0.15, -0.1) is 0 Å². The highest BCUT2D eigenvalue weighted by Gasteiger charge is 2.15. The van der Waals surface area contributed by atoms with Crippen LogP contribution in [0.25, 0.3) is 88.1 Å². The van der Waals surface area contributed by atoms with Crippen LogP contribution in [-0.4, -0.2) is 33.9 Å². The summed E-state index contributed by atoms with van der Waals surface area (Å²) < 4.78 is 0. The molecule has 6 aromatic carbocycles. The molecule has 60 heavy (non-hydrogen) atoms. The molecule has 0 amide bonds. The Hall–Kier alpha value is -6.05. The first-order chi connectivity index (χ1) is 29.4. The van der Waals surface area contributed by atoms with Gasteiger partial charge in [0.2, 0.25) is 0 Å². The third-order valence-electron chi connectivity index (χ3n) is 9.97. The fourth-order valence-electron chi connectivity index (χ4n) is 7.51. The van der Waals surface area contributed by atoms with E-state index in [1.165, 1.54) is 44.5 Å². The van der Waals surface area contributed by atoms with Gasteiger partial charge in [-0.05, 0) is 82.6 Å². The third-order valence-corrected chi connectivity index (χ3v) is 9.97. The van der Waals surface area contributed by atoms with Crippen molar-refractivity contribution in [2.24, 2.45) is 0 Å². The van der Waals surface area contributed by atoms with Gasteiger partial charge >= 0.3 is 0 Å².